The van der Waals surface area contributed by atoms with Gasteiger partial charge in [-0.3, -0.25) is 4.79 Å². The number of imidazole rings is 1. The highest BCUT2D eigenvalue weighted by molar-refractivity contribution is 5.47. The van der Waals surface area contributed by atoms with Crippen molar-refractivity contribution < 1.29 is 0 Å². The van der Waals surface area contributed by atoms with Gasteiger partial charge in [-0.25, -0.2) is 9.67 Å². The molecule has 3 aromatic rings. The van der Waals surface area contributed by atoms with Crippen molar-refractivity contribution in [2.24, 2.45) is 0 Å². The number of benzene rings is 1. The maximum absolute atomic E-state index is 12.5. The van der Waals surface area contributed by atoms with Crippen molar-refractivity contribution in [3.05, 3.63) is 76.2 Å². The van der Waals surface area contributed by atoms with E-state index < -0.39 is 0 Å². The lowest BCUT2D eigenvalue weighted by Crippen LogP contribution is -2.32. The van der Waals surface area contributed by atoms with Gasteiger partial charge in [0.2, 0.25) is 0 Å². The van der Waals surface area contributed by atoms with Crippen molar-refractivity contribution in [2.75, 3.05) is 11.4 Å². The molecule has 0 amide bonds. The van der Waals surface area contributed by atoms with Gasteiger partial charge in [-0.2, -0.15) is 5.10 Å². The van der Waals surface area contributed by atoms with Gasteiger partial charge in [-0.05, 0) is 24.5 Å². The van der Waals surface area contributed by atoms with Crippen LogP contribution in [0.4, 0.5) is 5.69 Å². The fourth-order valence-electron chi connectivity index (χ4n) is 3.35. The van der Waals surface area contributed by atoms with E-state index in [0.717, 1.165) is 37.6 Å². The number of anilines is 1. The van der Waals surface area contributed by atoms with Crippen LogP contribution >= 0.6 is 0 Å². The average molecular weight is 335 g/mol. The molecule has 3 heterocycles. The number of aryl methyl sites for hydroxylation is 1. The second-order valence-electron chi connectivity index (χ2n) is 6.28. The maximum atomic E-state index is 12.5. The molecule has 0 saturated heterocycles. The monoisotopic (exact) mass is 335 g/mol. The van der Waals surface area contributed by atoms with Crippen LogP contribution in [0.25, 0.3) is 0 Å². The van der Waals surface area contributed by atoms with Crippen LogP contribution in [0.15, 0.2) is 53.7 Å². The van der Waals surface area contributed by atoms with E-state index in [-0.39, 0.29) is 5.56 Å². The standard InChI is InChI=1S/C19H21N5O/c1-2-22-10-8-20-18(22)14-24-19(25)11-17(12-21-24)23-9-7-15-5-3-4-6-16(15)13-23/h3-6,8,10-12H,2,7,9,13-14H2,1H3. The third-order valence-electron chi connectivity index (χ3n) is 4.78. The average Bonchev–Trinajstić information content (AvgIpc) is 3.10. The first kappa shape index (κ1) is 15.6. The van der Waals surface area contributed by atoms with E-state index in [0.29, 0.717) is 6.54 Å². The summed E-state index contributed by atoms with van der Waals surface area (Å²) in [5.41, 5.74) is 3.51. The number of aromatic nitrogens is 4. The van der Waals surface area contributed by atoms with Gasteiger partial charge in [-0.1, -0.05) is 24.3 Å². The number of hydrogen-bond donors (Lipinski definition) is 0. The Balaban J connectivity index is 1.55. The Labute approximate surface area is 146 Å². The van der Waals surface area contributed by atoms with Crippen molar-refractivity contribution in [1.82, 2.24) is 19.3 Å². The van der Waals surface area contributed by atoms with Crippen LogP contribution in [0.5, 0.6) is 0 Å². The van der Waals surface area contributed by atoms with E-state index in [9.17, 15) is 4.79 Å². The molecular weight excluding hydrogens is 314 g/mol. The van der Waals surface area contributed by atoms with Gasteiger partial charge >= 0.3 is 0 Å². The van der Waals surface area contributed by atoms with Crippen LogP contribution in [-0.2, 0) is 26.1 Å². The van der Waals surface area contributed by atoms with Crippen LogP contribution in [0, 0.1) is 0 Å². The summed E-state index contributed by atoms with van der Waals surface area (Å²) in [5, 5.41) is 4.37. The van der Waals surface area contributed by atoms with Crippen molar-refractivity contribution >= 4 is 5.69 Å². The molecule has 2 aromatic heterocycles. The minimum atomic E-state index is -0.0954. The molecule has 25 heavy (non-hydrogen) atoms. The SMILES string of the molecule is CCn1ccnc1Cn1ncc(N2CCc3ccccc3C2)cc1=O. The van der Waals surface area contributed by atoms with Gasteiger partial charge in [0, 0.05) is 38.1 Å². The zero-order chi connectivity index (χ0) is 17.2. The molecule has 0 spiro atoms. The van der Waals surface area contributed by atoms with Crippen LogP contribution in [-0.4, -0.2) is 25.9 Å². The van der Waals surface area contributed by atoms with Gasteiger partial charge in [0.05, 0.1) is 11.9 Å². The van der Waals surface area contributed by atoms with E-state index >= 15 is 0 Å². The molecule has 1 aromatic carbocycles. The quantitative estimate of drug-likeness (QED) is 0.732. The molecule has 0 bridgehead atoms. The summed E-state index contributed by atoms with van der Waals surface area (Å²) < 4.78 is 3.49. The smallest absolute Gasteiger partial charge is 0.269 e. The van der Waals surface area contributed by atoms with Crippen LogP contribution < -0.4 is 10.5 Å². The predicted molar refractivity (Wildman–Crippen MR) is 96.7 cm³/mol. The van der Waals surface area contributed by atoms with Crippen LogP contribution in [0.3, 0.4) is 0 Å². The van der Waals surface area contributed by atoms with Crippen LogP contribution in [0.1, 0.15) is 23.9 Å². The molecule has 0 unspecified atom stereocenters. The van der Waals surface area contributed by atoms with Crippen LogP contribution in [0.2, 0.25) is 0 Å². The zero-order valence-electron chi connectivity index (χ0n) is 14.3. The fourth-order valence-corrected chi connectivity index (χ4v) is 3.35. The lowest BCUT2D eigenvalue weighted by atomic mass is 10.00. The fraction of sp³-hybridized carbons (Fsp3) is 0.316. The molecule has 4 rings (SSSR count). The Morgan fingerprint density at radius 2 is 2.04 bits per heavy atom. The summed E-state index contributed by atoms with van der Waals surface area (Å²) in [6.45, 7) is 5.00. The van der Waals surface area contributed by atoms with Crippen molar-refractivity contribution in [3.63, 3.8) is 0 Å². The number of nitrogens with zero attached hydrogens (tertiary/aromatic N) is 5. The van der Waals surface area contributed by atoms with Gasteiger partial charge in [0.15, 0.2) is 0 Å². The Morgan fingerprint density at radius 3 is 2.84 bits per heavy atom. The summed E-state index contributed by atoms with van der Waals surface area (Å²) in [6, 6.07) is 10.2. The molecule has 0 saturated carbocycles. The molecule has 0 aliphatic carbocycles. The number of hydrogen-bond acceptors (Lipinski definition) is 4. The Hall–Kier alpha value is -2.89. The normalized spacial score (nSPS) is 13.7. The molecule has 0 N–H and O–H groups in total. The summed E-state index contributed by atoms with van der Waals surface area (Å²) in [4.78, 5) is 19.0. The molecule has 0 atom stereocenters. The van der Waals surface area contributed by atoms with Gasteiger partial charge in [-0.15, -0.1) is 0 Å². The molecule has 6 nitrogen and oxygen atoms in total. The lowest BCUT2D eigenvalue weighted by molar-refractivity contribution is 0.578. The summed E-state index contributed by atoms with van der Waals surface area (Å²) >= 11 is 0. The predicted octanol–water partition coefficient (Wildman–Crippen LogP) is 2.07. The highest BCUT2D eigenvalue weighted by atomic mass is 16.1. The highest BCUT2D eigenvalue weighted by Crippen LogP contribution is 2.22. The summed E-state index contributed by atoms with van der Waals surface area (Å²) in [6.07, 6.45) is 6.45. The Kier molecular flexibility index (Phi) is 4.09. The maximum Gasteiger partial charge on any atom is 0.269 e. The van der Waals surface area contributed by atoms with E-state index in [4.69, 9.17) is 0 Å². The molecule has 128 valence electrons. The molecule has 1 aliphatic heterocycles. The molecule has 6 heteroatoms. The number of fused-ring (bicyclic) bond motifs is 1. The van der Waals surface area contributed by atoms with Crippen molar-refractivity contribution in [1.29, 1.82) is 0 Å². The second kappa shape index (κ2) is 6.55. The third-order valence-corrected chi connectivity index (χ3v) is 4.78. The first-order valence-corrected chi connectivity index (χ1v) is 8.63. The highest BCUT2D eigenvalue weighted by Gasteiger charge is 2.17. The van der Waals surface area contributed by atoms with Gasteiger partial charge in [0.1, 0.15) is 12.4 Å². The minimum absolute atomic E-state index is 0.0954. The second-order valence-corrected chi connectivity index (χ2v) is 6.28. The Morgan fingerprint density at radius 1 is 1.20 bits per heavy atom. The molecule has 0 fully saturated rings. The Bertz CT molecular complexity index is 943. The molecule has 0 radical (unpaired) electrons. The largest absolute Gasteiger partial charge is 0.365 e. The first-order chi connectivity index (χ1) is 12.2. The zero-order valence-corrected chi connectivity index (χ0v) is 14.3. The van der Waals surface area contributed by atoms with Crippen molar-refractivity contribution in [3.8, 4) is 0 Å². The van der Waals surface area contributed by atoms with Gasteiger partial charge < -0.3 is 9.47 Å². The summed E-state index contributed by atoms with van der Waals surface area (Å²) in [7, 11) is 0. The number of rotatable bonds is 4. The molecule has 1 aliphatic rings. The molecular formula is C19H21N5O. The minimum Gasteiger partial charge on any atom is -0.365 e. The first-order valence-electron chi connectivity index (χ1n) is 8.63. The van der Waals surface area contributed by atoms with E-state index in [1.807, 2.05) is 10.8 Å². The third kappa shape index (κ3) is 3.07. The van der Waals surface area contributed by atoms with Crippen molar-refractivity contribution in [2.45, 2.75) is 33.0 Å². The van der Waals surface area contributed by atoms with E-state index in [1.54, 1.807) is 18.5 Å². The summed E-state index contributed by atoms with van der Waals surface area (Å²) in [5.74, 6) is 0.844. The van der Waals surface area contributed by atoms with E-state index in [2.05, 4.69) is 46.2 Å². The lowest BCUT2D eigenvalue weighted by Gasteiger charge is -2.30. The van der Waals surface area contributed by atoms with Gasteiger partial charge in [0.25, 0.3) is 5.56 Å². The van der Waals surface area contributed by atoms with E-state index in [1.165, 1.54) is 15.8 Å². The topological polar surface area (TPSA) is 56.0 Å².